The minimum Gasteiger partial charge on any atom is -0.477 e. The first kappa shape index (κ1) is 21.1. The molecule has 152 valence electrons. The molecule has 0 heterocycles. The molecule has 0 fully saturated rings. The predicted molar refractivity (Wildman–Crippen MR) is 112 cm³/mol. The Labute approximate surface area is 177 Å². The standard InChI is InChI=1S/C23H17ClFNO4/c1-14-4-2-7-19(24)21(14)30-18-10-8-15(9-11-18)12-20(23(28)29)26-22(27)16-5-3-6-17(25)13-16/h2-13H,1H3,(H,26,27)(H,28,29)/b20-12+. The number of aliphatic carboxylic acids is 1. The molecule has 3 rings (SSSR count). The van der Waals surface area contributed by atoms with E-state index in [-0.39, 0.29) is 11.3 Å². The van der Waals surface area contributed by atoms with Crippen molar-refractivity contribution in [2.75, 3.05) is 0 Å². The number of halogens is 2. The largest absolute Gasteiger partial charge is 0.477 e. The SMILES string of the molecule is Cc1cccc(Cl)c1Oc1ccc(/C=C(/NC(=O)c2cccc(F)c2)C(=O)O)cc1. The number of benzene rings is 3. The van der Waals surface area contributed by atoms with E-state index in [1.165, 1.54) is 24.3 Å². The summed E-state index contributed by atoms with van der Waals surface area (Å²) >= 11 is 6.16. The first-order valence-corrected chi connectivity index (χ1v) is 9.26. The summed E-state index contributed by atoms with van der Waals surface area (Å²) in [6, 6.07) is 17.0. The van der Waals surface area contributed by atoms with Crippen molar-refractivity contribution in [1.82, 2.24) is 5.32 Å². The van der Waals surface area contributed by atoms with Gasteiger partial charge in [-0.3, -0.25) is 4.79 Å². The van der Waals surface area contributed by atoms with Crippen LogP contribution < -0.4 is 10.1 Å². The average molecular weight is 426 g/mol. The molecular weight excluding hydrogens is 409 g/mol. The summed E-state index contributed by atoms with van der Waals surface area (Å²) in [6.45, 7) is 1.87. The van der Waals surface area contributed by atoms with Crippen LogP contribution in [0.3, 0.4) is 0 Å². The number of para-hydroxylation sites is 1. The Bertz CT molecular complexity index is 1110. The van der Waals surface area contributed by atoms with Gasteiger partial charge in [-0.25, -0.2) is 9.18 Å². The number of nitrogens with one attached hydrogen (secondary N) is 1. The molecular formula is C23H17ClFNO4. The minimum atomic E-state index is -1.33. The lowest BCUT2D eigenvalue weighted by atomic mass is 10.1. The number of amides is 1. The summed E-state index contributed by atoms with van der Waals surface area (Å²) < 4.78 is 19.1. The number of hydrogen-bond acceptors (Lipinski definition) is 3. The Morgan fingerprint density at radius 3 is 2.40 bits per heavy atom. The van der Waals surface area contributed by atoms with Crippen molar-refractivity contribution < 1.29 is 23.8 Å². The number of rotatable bonds is 6. The van der Waals surface area contributed by atoms with Gasteiger partial charge in [0, 0.05) is 5.56 Å². The lowest BCUT2D eigenvalue weighted by molar-refractivity contribution is -0.132. The van der Waals surface area contributed by atoms with Crippen LogP contribution in [0.4, 0.5) is 4.39 Å². The summed E-state index contributed by atoms with van der Waals surface area (Å²) in [5.41, 5.74) is 1.07. The molecule has 3 aromatic carbocycles. The van der Waals surface area contributed by atoms with E-state index in [4.69, 9.17) is 16.3 Å². The van der Waals surface area contributed by atoms with E-state index in [0.29, 0.717) is 22.1 Å². The van der Waals surface area contributed by atoms with Gasteiger partial charge < -0.3 is 15.2 Å². The lowest BCUT2D eigenvalue weighted by Gasteiger charge is -2.11. The van der Waals surface area contributed by atoms with Gasteiger partial charge in [0.05, 0.1) is 5.02 Å². The van der Waals surface area contributed by atoms with Crippen molar-refractivity contribution in [2.24, 2.45) is 0 Å². The summed E-state index contributed by atoms with van der Waals surface area (Å²) in [6.07, 6.45) is 1.30. The number of ether oxygens (including phenoxy) is 1. The van der Waals surface area contributed by atoms with Crippen LogP contribution in [0.2, 0.25) is 5.02 Å². The minimum absolute atomic E-state index is 0.0148. The van der Waals surface area contributed by atoms with E-state index >= 15 is 0 Å². The van der Waals surface area contributed by atoms with Crippen molar-refractivity contribution in [3.05, 3.63) is 100.0 Å². The maximum absolute atomic E-state index is 13.3. The maximum atomic E-state index is 13.3. The van der Waals surface area contributed by atoms with Crippen molar-refractivity contribution in [1.29, 1.82) is 0 Å². The van der Waals surface area contributed by atoms with Gasteiger partial charge in [-0.2, -0.15) is 0 Å². The van der Waals surface area contributed by atoms with E-state index < -0.39 is 17.7 Å². The smallest absolute Gasteiger partial charge is 0.352 e. The van der Waals surface area contributed by atoms with Crippen LogP contribution in [0.15, 0.2) is 72.4 Å². The molecule has 0 radical (unpaired) electrons. The fourth-order valence-corrected chi connectivity index (χ4v) is 2.90. The second-order valence-corrected chi connectivity index (χ2v) is 6.79. The molecule has 0 aliphatic heterocycles. The third-order valence-electron chi connectivity index (χ3n) is 4.14. The van der Waals surface area contributed by atoms with Gasteiger partial charge in [0.25, 0.3) is 5.91 Å². The zero-order chi connectivity index (χ0) is 21.7. The number of hydrogen-bond donors (Lipinski definition) is 2. The van der Waals surface area contributed by atoms with Crippen LogP contribution in [0.5, 0.6) is 11.5 Å². The molecule has 0 unspecified atom stereocenters. The molecule has 0 aliphatic carbocycles. The van der Waals surface area contributed by atoms with Crippen molar-refractivity contribution in [2.45, 2.75) is 6.92 Å². The summed E-state index contributed by atoms with van der Waals surface area (Å²) in [5.74, 6) is -1.59. The molecule has 0 spiro atoms. The number of carbonyl (C=O) groups is 2. The van der Waals surface area contributed by atoms with Gasteiger partial charge in [-0.05, 0) is 60.5 Å². The Hall–Kier alpha value is -3.64. The van der Waals surface area contributed by atoms with E-state index in [2.05, 4.69) is 5.32 Å². The summed E-state index contributed by atoms with van der Waals surface area (Å²) in [4.78, 5) is 23.7. The number of carbonyl (C=O) groups excluding carboxylic acids is 1. The van der Waals surface area contributed by atoms with Crippen LogP contribution in [0.25, 0.3) is 6.08 Å². The van der Waals surface area contributed by atoms with Gasteiger partial charge in [0.1, 0.15) is 23.0 Å². The number of aryl methyl sites for hydroxylation is 1. The molecule has 0 aliphatic rings. The Balaban J connectivity index is 1.78. The molecule has 0 atom stereocenters. The molecule has 7 heteroatoms. The zero-order valence-electron chi connectivity index (χ0n) is 15.9. The highest BCUT2D eigenvalue weighted by molar-refractivity contribution is 6.32. The second-order valence-electron chi connectivity index (χ2n) is 6.38. The lowest BCUT2D eigenvalue weighted by Crippen LogP contribution is -2.27. The van der Waals surface area contributed by atoms with Crippen LogP contribution in [-0.4, -0.2) is 17.0 Å². The van der Waals surface area contributed by atoms with Gasteiger partial charge >= 0.3 is 5.97 Å². The van der Waals surface area contributed by atoms with Crippen LogP contribution in [0, 0.1) is 12.7 Å². The second kappa shape index (κ2) is 9.24. The van der Waals surface area contributed by atoms with E-state index in [9.17, 15) is 19.1 Å². The number of carboxylic acid groups (broad SMARTS) is 1. The molecule has 0 saturated carbocycles. The normalized spacial score (nSPS) is 11.1. The molecule has 0 aromatic heterocycles. The van der Waals surface area contributed by atoms with E-state index in [1.54, 1.807) is 30.3 Å². The first-order chi connectivity index (χ1) is 14.3. The topological polar surface area (TPSA) is 75.6 Å². The van der Waals surface area contributed by atoms with Gasteiger partial charge in [0.15, 0.2) is 0 Å². The molecule has 0 bridgehead atoms. The van der Waals surface area contributed by atoms with Crippen LogP contribution in [0.1, 0.15) is 21.5 Å². The van der Waals surface area contributed by atoms with Crippen LogP contribution >= 0.6 is 11.6 Å². The summed E-state index contributed by atoms with van der Waals surface area (Å²) in [5, 5.41) is 12.2. The third-order valence-corrected chi connectivity index (χ3v) is 4.44. The Morgan fingerprint density at radius 2 is 1.77 bits per heavy atom. The summed E-state index contributed by atoms with van der Waals surface area (Å²) in [7, 11) is 0. The zero-order valence-corrected chi connectivity index (χ0v) is 16.6. The van der Waals surface area contributed by atoms with Crippen molar-refractivity contribution in [3.8, 4) is 11.5 Å². The third kappa shape index (κ3) is 5.24. The fraction of sp³-hybridized carbons (Fsp3) is 0.0435. The van der Waals surface area contributed by atoms with E-state index in [1.807, 2.05) is 19.1 Å². The first-order valence-electron chi connectivity index (χ1n) is 8.88. The highest BCUT2D eigenvalue weighted by Crippen LogP contribution is 2.32. The quantitative estimate of drug-likeness (QED) is 0.516. The molecule has 30 heavy (non-hydrogen) atoms. The van der Waals surface area contributed by atoms with E-state index in [0.717, 1.165) is 11.6 Å². The van der Waals surface area contributed by atoms with Gasteiger partial charge in [0.2, 0.25) is 0 Å². The van der Waals surface area contributed by atoms with Crippen molar-refractivity contribution in [3.63, 3.8) is 0 Å². The number of carboxylic acids is 1. The Morgan fingerprint density at radius 1 is 1.07 bits per heavy atom. The molecule has 3 aromatic rings. The van der Waals surface area contributed by atoms with Gasteiger partial charge in [-0.15, -0.1) is 0 Å². The monoisotopic (exact) mass is 425 g/mol. The van der Waals surface area contributed by atoms with Crippen LogP contribution in [-0.2, 0) is 4.79 Å². The highest BCUT2D eigenvalue weighted by Gasteiger charge is 2.14. The Kier molecular flexibility index (Phi) is 6.49. The molecule has 5 nitrogen and oxygen atoms in total. The van der Waals surface area contributed by atoms with Gasteiger partial charge in [-0.1, -0.05) is 41.9 Å². The fourth-order valence-electron chi connectivity index (χ4n) is 2.64. The maximum Gasteiger partial charge on any atom is 0.352 e. The highest BCUT2D eigenvalue weighted by atomic mass is 35.5. The molecule has 1 amide bonds. The van der Waals surface area contributed by atoms with Crippen molar-refractivity contribution >= 4 is 29.6 Å². The molecule has 2 N–H and O–H groups in total. The predicted octanol–water partition coefficient (Wildman–Crippen LogP) is 5.44. The average Bonchev–Trinajstić information content (AvgIpc) is 2.71. The molecule has 0 saturated heterocycles.